The van der Waals surface area contributed by atoms with Gasteiger partial charge in [0.25, 0.3) is 5.91 Å². The summed E-state index contributed by atoms with van der Waals surface area (Å²) in [7, 11) is 1.95. The lowest BCUT2D eigenvalue weighted by Crippen LogP contribution is -2.51. The molecule has 9 nitrogen and oxygen atoms in total. The maximum Gasteiger partial charge on any atom is 0.258 e. The summed E-state index contributed by atoms with van der Waals surface area (Å²) in [4.78, 5) is 38.6. The standard InChI is InChI=1S/C37H40FN7O2/c1-22-34(44(2)21-41-22)24-8-10-27(11-9-24)42-35(46)33(43-36(47)37(38)13-14-37)30-5-3-4-23-6-7-25(16-31(23)30)26-12-15-39-32(17-26)45-20-28-18-29(45)19-40-28/h6-12,15-17,21,28-30,33,40H,3-5,13-14,18-20H2,1-2H3,(H,42,46)(H,43,47)/t28-,29-,30-,33+/m1/s1. The van der Waals surface area contributed by atoms with Crippen molar-refractivity contribution in [1.82, 2.24) is 25.2 Å². The predicted molar refractivity (Wildman–Crippen MR) is 180 cm³/mol. The molecule has 4 heterocycles. The molecule has 1 saturated carbocycles. The average molecular weight is 634 g/mol. The number of alkyl halides is 1. The molecular weight excluding hydrogens is 593 g/mol. The number of anilines is 2. The van der Waals surface area contributed by atoms with Gasteiger partial charge in [-0.2, -0.15) is 0 Å². The Morgan fingerprint density at radius 1 is 1.04 bits per heavy atom. The van der Waals surface area contributed by atoms with Gasteiger partial charge in [-0.25, -0.2) is 14.4 Å². The Morgan fingerprint density at radius 3 is 2.53 bits per heavy atom. The molecule has 4 atom stereocenters. The minimum atomic E-state index is -1.89. The number of nitrogens with zero attached hydrogens (tertiary/aromatic N) is 4. The van der Waals surface area contributed by atoms with Gasteiger partial charge in [0.1, 0.15) is 11.9 Å². The van der Waals surface area contributed by atoms with Gasteiger partial charge in [0.05, 0.1) is 17.7 Å². The minimum Gasteiger partial charge on any atom is -0.351 e. The summed E-state index contributed by atoms with van der Waals surface area (Å²) >= 11 is 0. The zero-order chi connectivity index (χ0) is 32.3. The second-order valence-corrected chi connectivity index (χ2v) is 13.7. The fourth-order valence-corrected chi connectivity index (χ4v) is 7.81. The molecule has 2 bridgehead atoms. The number of hydrogen-bond acceptors (Lipinski definition) is 6. The first kappa shape index (κ1) is 29.8. The van der Waals surface area contributed by atoms with Crippen LogP contribution in [-0.4, -0.2) is 63.2 Å². The molecule has 2 aliphatic carbocycles. The number of piperazine rings is 1. The van der Waals surface area contributed by atoms with Crippen LogP contribution in [0.5, 0.6) is 0 Å². The third-order valence-corrected chi connectivity index (χ3v) is 10.5. The van der Waals surface area contributed by atoms with Crippen LogP contribution in [0.2, 0.25) is 0 Å². The number of aryl methyl sites for hydroxylation is 3. The zero-order valence-corrected chi connectivity index (χ0v) is 26.8. The zero-order valence-electron chi connectivity index (χ0n) is 26.8. The Balaban J connectivity index is 1.08. The maximum atomic E-state index is 15.0. The van der Waals surface area contributed by atoms with Crippen LogP contribution < -0.4 is 20.9 Å². The summed E-state index contributed by atoms with van der Waals surface area (Å²) in [6, 6.07) is 18.3. The molecule has 2 aliphatic heterocycles. The van der Waals surface area contributed by atoms with E-state index in [0.717, 1.165) is 77.4 Å². The molecule has 2 amide bonds. The first-order valence-corrected chi connectivity index (χ1v) is 16.7. The first-order chi connectivity index (χ1) is 22.8. The number of aromatic nitrogens is 3. The number of rotatable bonds is 8. The highest BCUT2D eigenvalue weighted by Crippen LogP contribution is 2.42. The molecule has 0 radical (unpaired) electrons. The number of imidazole rings is 1. The van der Waals surface area contributed by atoms with Crippen LogP contribution in [0.25, 0.3) is 22.4 Å². The molecule has 3 fully saturated rings. The van der Waals surface area contributed by atoms with E-state index in [-0.39, 0.29) is 24.7 Å². The van der Waals surface area contributed by atoms with Crippen LogP contribution in [0.1, 0.15) is 54.8 Å². The Labute approximate surface area is 274 Å². The predicted octanol–water partition coefficient (Wildman–Crippen LogP) is 5.05. The molecule has 8 rings (SSSR count). The van der Waals surface area contributed by atoms with E-state index in [1.807, 2.05) is 55.1 Å². The smallest absolute Gasteiger partial charge is 0.258 e. The topological polar surface area (TPSA) is 104 Å². The third kappa shape index (κ3) is 5.58. The van der Waals surface area contributed by atoms with Crippen LogP contribution in [0.3, 0.4) is 0 Å². The van der Waals surface area contributed by atoms with E-state index < -0.39 is 17.6 Å². The van der Waals surface area contributed by atoms with Crippen LogP contribution in [-0.2, 0) is 23.1 Å². The highest BCUT2D eigenvalue weighted by molar-refractivity contribution is 6.00. The summed E-state index contributed by atoms with van der Waals surface area (Å²) < 4.78 is 17.0. The molecule has 0 unspecified atom stereocenters. The Morgan fingerprint density at radius 2 is 1.83 bits per heavy atom. The average Bonchev–Trinajstić information content (AvgIpc) is 3.37. The van der Waals surface area contributed by atoms with Gasteiger partial charge in [-0.05, 0) is 92.0 Å². The van der Waals surface area contributed by atoms with E-state index in [1.54, 1.807) is 6.33 Å². The number of halogens is 1. The van der Waals surface area contributed by atoms with Crippen LogP contribution >= 0.6 is 0 Å². The Kier molecular flexibility index (Phi) is 7.35. The Hall–Kier alpha value is -4.57. The molecular formula is C37H40FN7O2. The van der Waals surface area contributed by atoms with Gasteiger partial charge in [-0.1, -0.05) is 30.3 Å². The molecule has 10 heteroatoms. The van der Waals surface area contributed by atoms with Gasteiger partial charge in [-0.3, -0.25) is 9.59 Å². The van der Waals surface area contributed by atoms with Gasteiger partial charge in [0.15, 0.2) is 5.67 Å². The van der Waals surface area contributed by atoms with Gasteiger partial charge in [-0.15, -0.1) is 0 Å². The monoisotopic (exact) mass is 633 g/mol. The van der Waals surface area contributed by atoms with Gasteiger partial charge >= 0.3 is 0 Å². The lowest BCUT2D eigenvalue weighted by atomic mass is 9.77. The molecule has 242 valence electrons. The van der Waals surface area contributed by atoms with Crippen molar-refractivity contribution in [2.45, 2.75) is 75.2 Å². The van der Waals surface area contributed by atoms with Crippen molar-refractivity contribution in [2.24, 2.45) is 7.05 Å². The van der Waals surface area contributed by atoms with E-state index in [4.69, 9.17) is 4.98 Å². The van der Waals surface area contributed by atoms with E-state index in [2.05, 4.69) is 50.1 Å². The van der Waals surface area contributed by atoms with Crippen molar-refractivity contribution < 1.29 is 14.0 Å². The van der Waals surface area contributed by atoms with E-state index in [9.17, 15) is 14.0 Å². The summed E-state index contributed by atoms with van der Waals surface area (Å²) in [6.45, 7) is 3.91. The second-order valence-electron chi connectivity index (χ2n) is 13.7. The molecule has 2 aromatic heterocycles. The quantitative estimate of drug-likeness (QED) is 0.251. The van der Waals surface area contributed by atoms with Crippen molar-refractivity contribution in [2.75, 3.05) is 23.3 Å². The number of amides is 2. The largest absolute Gasteiger partial charge is 0.351 e. The molecule has 0 spiro atoms. The minimum absolute atomic E-state index is 0.187. The van der Waals surface area contributed by atoms with Crippen LogP contribution in [0.4, 0.5) is 15.9 Å². The van der Waals surface area contributed by atoms with E-state index in [0.29, 0.717) is 24.2 Å². The van der Waals surface area contributed by atoms with E-state index >= 15 is 0 Å². The second kappa shape index (κ2) is 11.6. The molecule has 3 N–H and O–H groups in total. The van der Waals surface area contributed by atoms with Crippen molar-refractivity contribution in [3.05, 3.63) is 83.9 Å². The van der Waals surface area contributed by atoms with Crippen LogP contribution in [0, 0.1) is 6.92 Å². The molecule has 4 aromatic rings. The summed E-state index contributed by atoms with van der Waals surface area (Å²) in [5, 5.41) is 9.45. The van der Waals surface area contributed by atoms with Crippen molar-refractivity contribution >= 4 is 23.3 Å². The van der Waals surface area contributed by atoms with Crippen molar-refractivity contribution in [3.8, 4) is 22.4 Å². The molecule has 47 heavy (non-hydrogen) atoms. The molecule has 4 aliphatic rings. The van der Waals surface area contributed by atoms with Crippen LogP contribution in [0.15, 0.2) is 67.1 Å². The van der Waals surface area contributed by atoms with Gasteiger partial charge < -0.3 is 25.4 Å². The third-order valence-electron chi connectivity index (χ3n) is 10.5. The molecule has 2 aromatic carbocycles. The van der Waals surface area contributed by atoms with Crippen molar-refractivity contribution in [1.29, 1.82) is 0 Å². The highest BCUT2D eigenvalue weighted by atomic mass is 19.1. The van der Waals surface area contributed by atoms with Gasteiger partial charge in [0, 0.05) is 55.6 Å². The summed E-state index contributed by atoms with van der Waals surface area (Å²) in [5.41, 5.74) is 5.93. The SMILES string of the molecule is Cc1ncn(C)c1-c1ccc(NC(=O)[C@@H](NC(=O)C2(F)CC2)[C@@H]2CCCc3ccc(-c4ccnc(N5C[C@H]6C[C@@H]5CN6)c4)cc32)cc1. The number of fused-ring (bicyclic) bond motifs is 3. The fourth-order valence-electron chi connectivity index (χ4n) is 7.81. The first-order valence-electron chi connectivity index (χ1n) is 16.7. The fraction of sp³-hybridized carbons (Fsp3) is 0.405. The maximum absolute atomic E-state index is 15.0. The van der Waals surface area contributed by atoms with Crippen molar-refractivity contribution in [3.63, 3.8) is 0 Å². The van der Waals surface area contributed by atoms with E-state index in [1.165, 1.54) is 0 Å². The lowest BCUT2D eigenvalue weighted by molar-refractivity contribution is -0.131. The molecule has 2 saturated heterocycles. The van der Waals surface area contributed by atoms with Gasteiger partial charge in [0.2, 0.25) is 5.91 Å². The number of carbonyl (C=O) groups is 2. The number of benzene rings is 2. The number of hydrogen-bond donors (Lipinski definition) is 3. The highest BCUT2D eigenvalue weighted by Gasteiger charge is 2.52. The number of nitrogens with one attached hydrogen (secondary N) is 3. The number of carbonyl (C=O) groups excluding carboxylic acids is 2. The summed E-state index contributed by atoms with van der Waals surface area (Å²) in [6.07, 6.45) is 7.64. The lowest BCUT2D eigenvalue weighted by Gasteiger charge is -2.33. The normalized spacial score (nSPS) is 22.9. The number of pyridine rings is 1. The summed E-state index contributed by atoms with van der Waals surface area (Å²) in [5.74, 6) is -0.365. The Bertz CT molecular complexity index is 1830.